The Morgan fingerprint density at radius 1 is 1.32 bits per heavy atom. The Labute approximate surface area is 116 Å². The number of rotatable bonds is 3. The fourth-order valence-corrected chi connectivity index (χ4v) is 2.92. The quantitative estimate of drug-likeness (QED) is 0.791. The Bertz CT molecular complexity index is 445. The largest absolute Gasteiger partial charge is 0.418 e. The second-order valence-electron chi connectivity index (χ2n) is 5.09. The molecule has 1 aliphatic carbocycles. The number of hydrogen-bond acceptors (Lipinski definition) is 1. The lowest BCUT2D eigenvalue weighted by atomic mass is 10.1. The summed E-state index contributed by atoms with van der Waals surface area (Å²) in [5.74, 6) is 0.606. The summed E-state index contributed by atoms with van der Waals surface area (Å²) in [5, 5.41) is 3.13. The second kappa shape index (κ2) is 5.61. The van der Waals surface area contributed by atoms with E-state index in [-0.39, 0.29) is 16.8 Å². The minimum atomic E-state index is -4.38. The summed E-state index contributed by atoms with van der Waals surface area (Å²) in [6.45, 7) is 2.11. The zero-order chi connectivity index (χ0) is 14.0. The molecule has 0 aromatic heterocycles. The van der Waals surface area contributed by atoms with Crippen LogP contribution in [-0.2, 0) is 6.18 Å². The van der Waals surface area contributed by atoms with Gasteiger partial charge in [0.15, 0.2) is 0 Å². The lowest BCUT2D eigenvalue weighted by Crippen LogP contribution is -2.19. The van der Waals surface area contributed by atoms with Crippen LogP contribution in [0.1, 0.15) is 38.2 Å². The third kappa shape index (κ3) is 3.35. The molecule has 0 heterocycles. The van der Waals surface area contributed by atoms with Gasteiger partial charge in [0.1, 0.15) is 0 Å². The molecule has 1 N–H and O–H groups in total. The topological polar surface area (TPSA) is 12.0 Å². The van der Waals surface area contributed by atoms with Crippen LogP contribution < -0.4 is 5.32 Å². The highest BCUT2D eigenvalue weighted by Gasteiger charge is 2.35. The average molecular weight is 292 g/mol. The van der Waals surface area contributed by atoms with Gasteiger partial charge in [-0.25, -0.2) is 0 Å². The number of anilines is 1. The molecule has 5 heteroatoms. The zero-order valence-electron chi connectivity index (χ0n) is 10.7. The fourth-order valence-electron chi connectivity index (χ4n) is 2.69. The maximum absolute atomic E-state index is 12.9. The number of benzene rings is 1. The van der Waals surface area contributed by atoms with Crippen LogP contribution in [-0.4, -0.2) is 6.04 Å². The van der Waals surface area contributed by atoms with Crippen molar-refractivity contribution < 1.29 is 13.2 Å². The van der Waals surface area contributed by atoms with Crippen molar-refractivity contribution in [3.8, 4) is 0 Å². The molecular formula is C14H17ClF3N. The number of alkyl halides is 3. The third-order valence-electron chi connectivity index (χ3n) is 3.79. The van der Waals surface area contributed by atoms with Crippen LogP contribution in [0.5, 0.6) is 0 Å². The highest BCUT2D eigenvalue weighted by molar-refractivity contribution is 6.33. The Balaban J connectivity index is 2.20. The van der Waals surface area contributed by atoms with Crippen molar-refractivity contribution in [2.75, 3.05) is 5.32 Å². The molecule has 1 nitrogen and oxygen atoms in total. The minimum absolute atomic E-state index is 0.0263. The van der Waals surface area contributed by atoms with Crippen molar-refractivity contribution in [2.45, 2.75) is 44.8 Å². The van der Waals surface area contributed by atoms with Gasteiger partial charge in [-0.05, 0) is 37.3 Å². The molecule has 0 saturated heterocycles. The number of halogens is 4. The standard InChI is InChI=1S/C14H17ClF3N/c1-2-9-6-7-10(8-9)19-13-11(14(16,17)18)4-3-5-12(13)15/h3-5,9-10,19H,2,6-8H2,1H3. The van der Waals surface area contributed by atoms with E-state index in [2.05, 4.69) is 12.2 Å². The van der Waals surface area contributed by atoms with Crippen molar-refractivity contribution in [2.24, 2.45) is 5.92 Å². The maximum atomic E-state index is 12.9. The lowest BCUT2D eigenvalue weighted by molar-refractivity contribution is -0.137. The van der Waals surface area contributed by atoms with E-state index in [9.17, 15) is 13.2 Å². The number of para-hydroxylation sites is 1. The summed E-state index contributed by atoms with van der Waals surface area (Å²) in [6.07, 6.45) is -0.414. The van der Waals surface area contributed by atoms with Crippen LogP contribution >= 0.6 is 11.6 Å². The van der Waals surface area contributed by atoms with Gasteiger partial charge in [-0.3, -0.25) is 0 Å². The predicted octanol–water partition coefficient (Wildman–Crippen LogP) is 5.35. The molecule has 1 fully saturated rings. The van der Waals surface area contributed by atoms with Gasteiger partial charge in [-0.2, -0.15) is 13.2 Å². The van der Waals surface area contributed by atoms with Crippen molar-refractivity contribution in [1.82, 2.24) is 0 Å². The molecule has 1 aromatic rings. The average Bonchev–Trinajstić information content (AvgIpc) is 2.78. The summed E-state index contributed by atoms with van der Waals surface area (Å²) in [5.41, 5.74) is -0.654. The van der Waals surface area contributed by atoms with E-state index in [1.807, 2.05) is 0 Å². The molecule has 0 bridgehead atoms. The first kappa shape index (κ1) is 14.5. The SMILES string of the molecule is CCC1CCC(Nc2c(Cl)cccc2C(F)(F)F)C1. The highest BCUT2D eigenvalue weighted by atomic mass is 35.5. The normalized spacial score (nSPS) is 23.6. The highest BCUT2D eigenvalue weighted by Crippen LogP contribution is 2.40. The van der Waals surface area contributed by atoms with E-state index in [4.69, 9.17) is 11.6 Å². The molecule has 1 aliphatic rings. The van der Waals surface area contributed by atoms with Crippen LogP contribution in [0.4, 0.5) is 18.9 Å². The van der Waals surface area contributed by atoms with Gasteiger partial charge in [0.05, 0.1) is 16.3 Å². The molecule has 1 aromatic carbocycles. The molecule has 0 radical (unpaired) electrons. The summed E-state index contributed by atoms with van der Waals surface area (Å²) >= 11 is 5.92. The Morgan fingerprint density at radius 3 is 2.63 bits per heavy atom. The van der Waals surface area contributed by atoms with E-state index >= 15 is 0 Å². The molecule has 106 valence electrons. The molecule has 2 unspecified atom stereocenters. The Hall–Kier alpha value is -0.900. The van der Waals surface area contributed by atoms with E-state index in [1.165, 1.54) is 12.1 Å². The molecule has 0 spiro atoms. The predicted molar refractivity (Wildman–Crippen MR) is 71.5 cm³/mol. The van der Waals surface area contributed by atoms with E-state index in [0.717, 1.165) is 31.7 Å². The fraction of sp³-hybridized carbons (Fsp3) is 0.571. The third-order valence-corrected chi connectivity index (χ3v) is 4.10. The molecule has 0 amide bonds. The molecule has 1 saturated carbocycles. The van der Waals surface area contributed by atoms with Crippen molar-refractivity contribution in [3.05, 3.63) is 28.8 Å². The summed E-state index contributed by atoms with van der Waals surface area (Å²) in [6, 6.07) is 3.98. The molecule has 0 aliphatic heterocycles. The first-order chi connectivity index (χ1) is 8.91. The van der Waals surface area contributed by atoms with Crippen molar-refractivity contribution in [3.63, 3.8) is 0 Å². The van der Waals surface area contributed by atoms with Gasteiger partial charge in [-0.1, -0.05) is 31.0 Å². The van der Waals surface area contributed by atoms with Gasteiger partial charge >= 0.3 is 6.18 Å². The van der Waals surface area contributed by atoms with Crippen LogP contribution in [0.25, 0.3) is 0 Å². The summed E-state index contributed by atoms with van der Waals surface area (Å²) in [4.78, 5) is 0. The van der Waals surface area contributed by atoms with E-state index in [0.29, 0.717) is 5.92 Å². The second-order valence-corrected chi connectivity index (χ2v) is 5.50. The van der Waals surface area contributed by atoms with Crippen molar-refractivity contribution in [1.29, 1.82) is 0 Å². The molecule has 2 rings (SSSR count). The van der Waals surface area contributed by atoms with Gasteiger partial charge in [0.2, 0.25) is 0 Å². The van der Waals surface area contributed by atoms with Crippen LogP contribution in [0.2, 0.25) is 5.02 Å². The Kier molecular flexibility index (Phi) is 4.29. The number of nitrogens with one attached hydrogen (secondary N) is 1. The maximum Gasteiger partial charge on any atom is 0.418 e. The van der Waals surface area contributed by atoms with E-state index < -0.39 is 11.7 Å². The molecular weight excluding hydrogens is 275 g/mol. The van der Waals surface area contributed by atoms with Gasteiger partial charge in [0, 0.05) is 6.04 Å². The van der Waals surface area contributed by atoms with Crippen LogP contribution in [0.15, 0.2) is 18.2 Å². The summed E-state index contributed by atoms with van der Waals surface area (Å²) in [7, 11) is 0. The minimum Gasteiger partial charge on any atom is -0.381 e. The Morgan fingerprint density at radius 2 is 2.05 bits per heavy atom. The van der Waals surface area contributed by atoms with E-state index in [1.54, 1.807) is 0 Å². The van der Waals surface area contributed by atoms with Crippen LogP contribution in [0.3, 0.4) is 0 Å². The molecule has 2 atom stereocenters. The number of hydrogen-bond donors (Lipinski definition) is 1. The molecule has 19 heavy (non-hydrogen) atoms. The lowest BCUT2D eigenvalue weighted by Gasteiger charge is -2.20. The van der Waals surface area contributed by atoms with Gasteiger partial charge in [-0.15, -0.1) is 0 Å². The van der Waals surface area contributed by atoms with Gasteiger partial charge < -0.3 is 5.32 Å². The van der Waals surface area contributed by atoms with Crippen LogP contribution in [0, 0.1) is 5.92 Å². The van der Waals surface area contributed by atoms with Crippen molar-refractivity contribution >= 4 is 17.3 Å². The first-order valence-electron chi connectivity index (χ1n) is 6.54. The smallest absolute Gasteiger partial charge is 0.381 e. The summed E-state index contributed by atoms with van der Waals surface area (Å²) < 4.78 is 38.8. The van der Waals surface area contributed by atoms with Gasteiger partial charge in [0.25, 0.3) is 0 Å². The monoisotopic (exact) mass is 291 g/mol. The first-order valence-corrected chi connectivity index (χ1v) is 6.91. The zero-order valence-corrected chi connectivity index (χ0v) is 11.5.